The van der Waals surface area contributed by atoms with Crippen LogP contribution in [0.15, 0.2) is 23.3 Å². The van der Waals surface area contributed by atoms with Crippen LogP contribution in [0.3, 0.4) is 0 Å². The summed E-state index contributed by atoms with van der Waals surface area (Å²) in [6.45, 7) is 1.94. The molecule has 32 heavy (non-hydrogen) atoms. The monoisotopic (exact) mass is 471 g/mol. The van der Waals surface area contributed by atoms with Crippen molar-refractivity contribution in [2.75, 3.05) is 0 Å². The van der Waals surface area contributed by atoms with E-state index in [4.69, 9.17) is 15.8 Å². The molecular formula is C17H21N5O9S. The summed E-state index contributed by atoms with van der Waals surface area (Å²) in [7, 11) is -4.68. The molecule has 15 heteroatoms. The molecule has 174 valence electrons. The van der Waals surface area contributed by atoms with Crippen molar-refractivity contribution in [2.45, 2.75) is 44.3 Å². The number of primary amides is 1. The van der Waals surface area contributed by atoms with Gasteiger partial charge in [0.05, 0.1) is 12.0 Å². The Morgan fingerprint density at radius 1 is 1.34 bits per heavy atom. The highest BCUT2D eigenvalue weighted by Gasteiger charge is 2.48. The zero-order valence-electron chi connectivity index (χ0n) is 16.9. The normalized spacial score (nSPS) is 15.4. The van der Waals surface area contributed by atoms with Gasteiger partial charge in [-0.25, -0.2) is 4.79 Å². The van der Waals surface area contributed by atoms with Crippen LogP contribution in [-0.4, -0.2) is 52.1 Å². The number of hydrogen-bond acceptors (Lipinski definition) is 9. The Labute approximate surface area is 182 Å². The molecule has 0 bridgehead atoms. The van der Waals surface area contributed by atoms with Crippen molar-refractivity contribution in [1.82, 2.24) is 5.06 Å². The molecule has 14 nitrogen and oxygen atoms in total. The summed E-state index contributed by atoms with van der Waals surface area (Å²) >= 11 is 0. The van der Waals surface area contributed by atoms with Gasteiger partial charge in [0.25, 0.3) is 27.8 Å². The number of nitrogens with zero attached hydrogens (tertiary/aromatic N) is 4. The van der Waals surface area contributed by atoms with Crippen LogP contribution in [0.25, 0.3) is 10.4 Å². The van der Waals surface area contributed by atoms with Crippen molar-refractivity contribution in [3.8, 4) is 5.75 Å². The van der Waals surface area contributed by atoms with E-state index in [1.165, 1.54) is 18.2 Å². The third-order valence-electron chi connectivity index (χ3n) is 4.01. The Kier molecular flexibility index (Phi) is 9.59. The first kappa shape index (κ1) is 26.4. The topological polar surface area (TPSA) is 230 Å². The fourth-order valence-electron chi connectivity index (χ4n) is 2.42. The van der Waals surface area contributed by atoms with E-state index in [1.807, 2.05) is 6.92 Å². The SMILES string of the molecule is CCCCCC(=O)ON1C(=O)CC(S(=O)(=O)O)C1=O.[N-]=[N+]=Nc1ccc(C(N)=O)c(O)c1. The number of hydrogen-bond donors (Lipinski definition) is 3. The van der Waals surface area contributed by atoms with E-state index in [0.29, 0.717) is 6.42 Å². The number of benzene rings is 1. The molecule has 3 amide bonds. The zero-order valence-corrected chi connectivity index (χ0v) is 17.7. The summed E-state index contributed by atoms with van der Waals surface area (Å²) < 4.78 is 30.5. The minimum Gasteiger partial charge on any atom is -0.507 e. The molecule has 1 aliphatic heterocycles. The van der Waals surface area contributed by atoms with Crippen LogP contribution in [-0.2, 0) is 29.3 Å². The largest absolute Gasteiger partial charge is 0.507 e. The summed E-state index contributed by atoms with van der Waals surface area (Å²) in [6.07, 6.45) is 1.54. The number of unbranched alkanes of at least 4 members (excludes halogenated alkanes) is 2. The van der Waals surface area contributed by atoms with Crippen LogP contribution in [0.5, 0.6) is 5.75 Å². The molecule has 1 saturated heterocycles. The minimum absolute atomic E-state index is 0.00288. The Balaban J connectivity index is 0.000000343. The average Bonchev–Trinajstić information content (AvgIpc) is 2.97. The number of phenols is 1. The molecule has 1 unspecified atom stereocenters. The van der Waals surface area contributed by atoms with Crippen LogP contribution >= 0.6 is 0 Å². The molecule has 1 aromatic carbocycles. The number of carbonyl (C=O) groups is 4. The number of hydroxylamine groups is 2. The molecule has 0 radical (unpaired) electrons. The van der Waals surface area contributed by atoms with Crippen LogP contribution in [0.4, 0.5) is 5.69 Å². The molecule has 1 heterocycles. The first-order valence-electron chi connectivity index (χ1n) is 9.14. The highest BCUT2D eigenvalue weighted by molar-refractivity contribution is 7.87. The first-order chi connectivity index (χ1) is 14.9. The third-order valence-corrected chi connectivity index (χ3v) is 5.09. The van der Waals surface area contributed by atoms with Gasteiger partial charge < -0.3 is 15.7 Å². The molecule has 0 spiro atoms. The lowest BCUT2D eigenvalue weighted by molar-refractivity contribution is -0.197. The van der Waals surface area contributed by atoms with E-state index in [-0.39, 0.29) is 28.5 Å². The average molecular weight is 471 g/mol. The van der Waals surface area contributed by atoms with Gasteiger partial charge in [0.1, 0.15) is 5.75 Å². The lowest BCUT2D eigenvalue weighted by Crippen LogP contribution is -2.36. The van der Waals surface area contributed by atoms with E-state index in [9.17, 15) is 32.7 Å². The summed E-state index contributed by atoms with van der Waals surface area (Å²) in [4.78, 5) is 51.9. The van der Waals surface area contributed by atoms with Gasteiger partial charge >= 0.3 is 5.97 Å². The van der Waals surface area contributed by atoms with Crippen molar-refractivity contribution in [1.29, 1.82) is 0 Å². The van der Waals surface area contributed by atoms with Crippen molar-refractivity contribution < 1.29 is 42.1 Å². The molecule has 4 N–H and O–H groups in total. The van der Waals surface area contributed by atoms with Gasteiger partial charge in [0, 0.05) is 17.0 Å². The second-order valence-electron chi connectivity index (χ2n) is 6.41. The van der Waals surface area contributed by atoms with E-state index < -0.39 is 45.5 Å². The number of azide groups is 1. The van der Waals surface area contributed by atoms with E-state index in [0.717, 1.165) is 12.8 Å². The van der Waals surface area contributed by atoms with Crippen molar-refractivity contribution in [2.24, 2.45) is 10.8 Å². The molecule has 1 aromatic rings. The van der Waals surface area contributed by atoms with Gasteiger partial charge in [-0.2, -0.15) is 8.42 Å². The summed E-state index contributed by atoms with van der Waals surface area (Å²) in [5, 5.41) is 10.7. The smallest absolute Gasteiger partial charge is 0.333 e. The molecule has 1 aliphatic rings. The van der Waals surface area contributed by atoms with Gasteiger partial charge in [0.2, 0.25) is 0 Å². The van der Waals surface area contributed by atoms with Crippen molar-refractivity contribution in [3.63, 3.8) is 0 Å². The maximum atomic E-state index is 11.5. The number of aromatic hydroxyl groups is 1. The molecular weight excluding hydrogens is 450 g/mol. The fourth-order valence-corrected chi connectivity index (χ4v) is 3.12. The second kappa shape index (κ2) is 11.6. The van der Waals surface area contributed by atoms with Gasteiger partial charge in [-0.05, 0) is 24.1 Å². The van der Waals surface area contributed by atoms with E-state index >= 15 is 0 Å². The van der Waals surface area contributed by atoms with Gasteiger partial charge in [0.15, 0.2) is 5.25 Å². The third kappa shape index (κ3) is 7.54. The van der Waals surface area contributed by atoms with Gasteiger partial charge in [-0.1, -0.05) is 30.9 Å². The van der Waals surface area contributed by atoms with Gasteiger partial charge in [-0.3, -0.25) is 18.9 Å². The first-order valence-corrected chi connectivity index (χ1v) is 10.6. The standard InChI is InChI=1S/C10H15NO7S.C7H6N4O2/c1-2-3-4-5-9(13)18-11-8(12)6-7(10(11)14)19(15,16)17;8-7(13)5-2-1-4(10-11-9)3-6(5)12/h7H,2-6H2,1H3,(H,15,16,17);1-3,12H,(H2,8,13). The Hall–Kier alpha value is -3.68. The molecule has 1 atom stereocenters. The number of nitrogens with two attached hydrogens (primary N) is 1. The predicted octanol–water partition coefficient (Wildman–Crippen LogP) is 1.47. The zero-order chi connectivity index (χ0) is 24.5. The maximum Gasteiger partial charge on any atom is 0.333 e. The van der Waals surface area contributed by atoms with Crippen LogP contribution < -0.4 is 5.73 Å². The summed E-state index contributed by atoms with van der Waals surface area (Å²) in [5.74, 6) is -4.01. The molecule has 0 saturated carbocycles. The van der Waals surface area contributed by atoms with Crippen LogP contribution in [0.1, 0.15) is 49.4 Å². The van der Waals surface area contributed by atoms with E-state index in [2.05, 4.69) is 14.9 Å². The second-order valence-corrected chi connectivity index (χ2v) is 8.01. The number of imide groups is 1. The highest BCUT2D eigenvalue weighted by atomic mass is 32.2. The molecule has 2 rings (SSSR count). The lowest BCUT2D eigenvalue weighted by atomic mass is 10.2. The lowest BCUT2D eigenvalue weighted by Gasteiger charge is -2.12. The number of carbonyl (C=O) groups excluding carboxylic acids is 4. The van der Waals surface area contributed by atoms with Crippen molar-refractivity contribution >= 4 is 39.5 Å². The van der Waals surface area contributed by atoms with Crippen LogP contribution in [0, 0.1) is 0 Å². The molecule has 0 aromatic heterocycles. The van der Waals surface area contributed by atoms with Gasteiger partial charge in [-0.15, -0.1) is 5.06 Å². The fraction of sp³-hybridized carbons (Fsp3) is 0.412. The maximum absolute atomic E-state index is 11.5. The quantitative estimate of drug-likeness (QED) is 0.124. The predicted molar refractivity (Wildman–Crippen MR) is 107 cm³/mol. The summed E-state index contributed by atoms with van der Waals surface area (Å²) in [5.41, 5.74) is 13.2. The van der Waals surface area contributed by atoms with E-state index in [1.54, 1.807) is 0 Å². The highest BCUT2D eigenvalue weighted by Crippen LogP contribution is 2.23. The molecule has 0 aliphatic carbocycles. The van der Waals surface area contributed by atoms with Crippen molar-refractivity contribution in [3.05, 3.63) is 34.2 Å². The van der Waals surface area contributed by atoms with Crippen LogP contribution in [0.2, 0.25) is 0 Å². The molecule has 1 fully saturated rings. The minimum atomic E-state index is -4.68. The number of rotatable bonds is 8. The Bertz CT molecular complexity index is 1050. The Morgan fingerprint density at radius 3 is 2.47 bits per heavy atom. The Morgan fingerprint density at radius 2 is 2.00 bits per heavy atom. The summed E-state index contributed by atoms with van der Waals surface area (Å²) in [6, 6.07) is 3.85. The number of amides is 3.